The molecule has 0 saturated heterocycles. The Morgan fingerprint density at radius 1 is 0.871 bits per heavy atom. The number of hydrogen-bond donors (Lipinski definition) is 0. The molecule has 156 valence electrons. The minimum atomic E-state index is 0.0977. The van der Waals surface area contributed by atoms with E-state index in [1.807, 2.05) is 12.3 Å². The number of fused-ring (bicyclic) bond motifs is 4. The van der Waals surface area contributed by atoms with Gasteiger partial charge in [-0.1, -0.05) is 63.2 Å². The van der Waals surface area contributed by atoms with Crippen LogP contribution in [0.15, 0.2) is 60.8 Å². The number of aromatic nitrogens is 1. The average molecular weight is 409 g/mol. The van der Waals surface area contributed by atoms with E-state index in [1.54, 1.807) is 0 Å². The molecular weight excluding hydrogens is 380 g/mol. The maximum absolute atomic E-state index is 6.48. The van der Waals surface area contributed by atoms with Crippen LogP contribution in [0.25, 0.3) is 10.8 Å². The number of pyridine rings is 1. The van der Waals surface area contributed by atoms with Crippen molar-refractivity contribution >= 4 is 28.0 Å². The fraction of sp³-hybridized carbons (Fsp3) is 0.250. The third-order valence-electron chi connectivity index (χ3n) is 6.10. The van der Waals surface area contributed by atoms with E-state index in [9.17, 15) is 0 Å². The molecule has 5 rings (SSSR count). The molecule has 1 aliphatic heterocycles. The van der Waals surface area contributed by atoms with Crippen molar-refractivity contribution in [3.8, 4) is 11.5 Å². The molecule has 1 aromatic heterocycles. The number of benzene rings is 3. The fourth-order valence-electron chi connectivity index (χ4n) is 4.47. The Morgan fingerprint density at radius 2 is 1.58 bits per heavy atom. The van der Waals surface area contributed by atoms with Gasteiger partial charge in [0.15, 0.2) is 17.3 Å². The summed E-state index contributed by atoms with van der Waals surface area (Å²) >= 11 is 0. The maximum Gasteiger partial charge on any atom is 0.182 e. The smallest absolute Gasteiger partial charge is 0.182 e. The lowest BCUT2D eigenvalue weighted by molar-refractivity contribution is 0.479. The Labute approximate surface area is 184 Å². The van der Waals surface area contributed by atoms with Gasteiger partial charge in [0.2, 0.25) is 0 Å². The van der Waals surface area contributed by atoms with Crippen molar-refractivity contribution in [2.45, 2.75) is 47.0 Å². The monoisotopic (exact) mass is 408 g/mol. The first-order chi connectivity index (χ1) is 14.7. The molecule has 0 aliphatic carbocycles. The van der Waals surface area contributed by atoms with E-state index >= 15 is 0 Å². The van der Waals surface area contributed by atoms with Gasteiger partial charge in [0.05, 0.1) is 11.4 Å². The van der Waals surface area contributed by atoms with Crippen LogP contribution in [0.2, 0.25) is 0 Å². The van der Waals surface area contributed by atoms with Crippen molar-refractivity contribution in [3.05, 3.63) is 83.0 Å². The highest BCUT2D eigenvalue weighted by Gasteiger charge is 2.31. The van der Waals surface area contributed by atoms with Gasteiger partial charge in [0.1, 0.15) is 0 Å². The van der Waals surface area contributed by atoms with Gasteiger partial charge >= 0.3 is 0 Å². The molecule has 1 aliphatic rings. The van der Waals surface area contributed by atoms with Crippen LogP contribution in [-0.4, -0.2) is 4.98 Å². The van der Waals surface area contributed by atoms with E-state index in [1.165, 1.54) is 27.9 Å². The van der Waals surface area contributed by atoms with Crippen LogP contribution in [-0.2, 0) is 5.41 Å². The fourth-order valence-corrected chi connectivity index (χ4v) is 4.47. The lowest BCUT2D eigenvalue weighted by Crippen LogP contribution is -2.20. The first-order valence-electron chi connectivity index (χ1n) is 10.8. The lowest BCUT2D eigenvalue weighted by Gasteiger charge is -2.35. The molecule has 3 nitrogen and oxygen atoms in total. The van der Waals surface area contributed by atoms with E-state index < -0.39 is 0 Å². The minimum Gasteiger partial charge on any atom is -0.451 e. The molecule has 0 saturated carbocycles. The third kappa shape index (κ3) is 3.16. The minimum absolute atomic E-state index is 0.0977. The summed E-state index contributed by atoms with van der Waals surface area (Å²) in [6.45, 7) is 13.3. The zero-order valence-electron chi connectivity index (χ0n) is 19.1. The lowest BCUT2D eigenvalue weighted by atomic mass is 9.84. The Morgan fingerprint density at radius 3 is 2.29 bits per heavy atom. The predicted molar refractivity (Wildman–Crippen MR) is 129 cm³/mol. The van der Waals surface area contributed by atoms with Crippen LogP contribution in [0.4, 0.5) is 17.2 Å². The molecule has 3 aromatic carbocycles. The van der Waals surface area contributed by atoms with Gasteiger partial charge in [-0.05, 0) is 60.6 Å². The number of hydrogen-bond acceptors (Lipinski definition) is 3. The Hall–Kier alpha value is -3.33. The van der Waals surface area contributed by atoms with Crippen molar-refractivity contribution in [1.29, 1.82) is 0 Å². The summed E-state index contributed by atoms with van der Waals surface area (Å²) in [5.41, 5.74) is 7.28. The summed E-state index contributed by atoms with van der Waals surface area (Å²) in [6.07, 6.45) is 1.94. The highest BCUT2D eigenvalue weighted by molar-refractivity contribution is 5.97. The summed E-state index contributed by atoms with van der Waals surface area (Å²) in [5.74, 6) is 2.52. The number of rotatable bonds is 1. The molecule has 31 heavy (non-hydrogen) atoms. The van der Waals surface area contributed by atoms with Gasteiger partial charge in [-0.3, -0.25) is 4.90 Å². The van der Waals surface area contributed by atoms with E-state index in [-0.39, 0.29) is 5.41 Å². The third-order valence-corrected chi connectivity index (χ3v) is 6.10. The molecular formula is C28H28N2O. The molecule has 0 N–H and O–H groups in total. The second-order valence-electron chi connectivity index (χ2n) is 9.62. The van der Waals surface area contributed by atoms with Crippen molar-refractivity contribution < 1.29 is 4.74 Å². The van der Waals surface area contributed by atoms with Gasteiger partial charge in [-0.25, -0.2) is 4.98 Å². The Bertz CT molecular complexity index is 1310. The summed E-state index contributed by atoms with van der Waals surface area (Å²) in [6, 6.07) is 19.3. The molecule has 4 aromatic rings. The van der Waals surface area contributed by atoms with Gasteiger partial charge in [-0.2, -0.15) is 0 Å². The first-order valence-corrected chi connectivity index (χ1v) is 10.8. The van der Waals surface area contributed by atoms with Gasteiger partial charge in [0, 0.05) is 17.0 Å². The first kappa shape index (κ1) is 19.6. The zero-order valence-corrected chi connectivity index (χ0v) is 19.1. The number of aryl methyl sites for hydroxylation is 3. The van der Waals surface area contributed by atoms with Crippen LogP contribution in [0, 0.1) is 20.8 Å². The highest BCUT2D eigenvalue weighted by atomic mass is 16.5. The van der Waals surface area contributed by atoms with Crippen molar-refractivity contribution in [2.75, 3.05) is 4.90 Å². The van der Waals surface area contributed by atoms with E-state index in [0.29, 0.717) is 0 Å². The normalized spacial score (nSPS) is 13.0. The number of nitrogens with zero attached hydrogens (tertiary/aromatic N) is 2. The SMILES string of the molecule is Cc1ccc2c(c1)Oc1c(ncc3ccccc13)N2c1c(C)cc(C(C)(C)C)cc1C. The van der Waals surface area contributed by atoms with Gasteiger partial charge in [0.25, 0.3) is 0 Å². The van der Waals surface area contributed by atoms with Crippen LogP contribution in [0.1, 0.15) is 43.0 Å². The molecule has 0 bridgehead atoms. The maximum atomic E-state index is 6.48. The van der Waals surface area contributed by atoms with Crippen molar-refractivity contribution in [1.82, 2.24) is 4.98 Å². The molecule has 0 amide bonds. The second-order valence-corrected chi connectivity index (χ2v) is 9.62. The quantitative estimate of drug-likeness (QED) is 0.281. The summed E-state index contributed by atoms with van der Waals surface area (Å²) in [4.78, 5) is 7.16. The molecule has 0 radical (unpaired) electrons. The standard InChI is InChI=1S/C28H28N2O/c1-17-11-12-23-24(13-17)31-26-22-10-8-7-9-20(22)16-29-27(26)30(23)25-18(2)14-21(15-19(25)3)28(4,5)6/h7-16H,1-6H3. The number of ether oxygens (including phenoxy) is 1. The molecule has 3 heteroatoms. The van der Waals surface area contributed by atoms with Crippen molar-refractivity contribution in [3.63, 3.8) is 0 Å². The highest BCUT2D eigenvalue weighted by Crippen LogP contribution is 2.53. The summed E-state index contributed by atoms with van der Waals surface area (Å²) in [7, 11) is 0. The molecule has 2 heterocycles. The average Bonchev–Trinajstić information content (AvgIpc) is 2.71. The zero-order chi connectivity index (χ0) is 21.9. The Kier molecular flexibility index (Phi) is 4.33. The van der Waals surface area contributed by atoms with Crippen LogP contribution < -0.4 is 9.64 Å². The number of anilines is 3. The molecule has 0 fully saturated rings. The Balaban J connectivity index is 1.82. The van der Waals surface area contributed by atoms with Crippen LogP contribution in [0.5, 0.6) is 11.5 Å². The predicted octanol–water partition coefficient (Wildman–Crippen LogP) is 8.03. The second kappa shape index (κ2) is 6.84. The van der Waals surface area contributed by atoms with E-state index in [0.717, 1.165) is 33.8 Å². The molecule has 0 spiro atoms. The van der Waals surface area contributed by atoms with E-state index in [4.69, 9.17) is 9.72 Å². The summed E-state index contributed by atoms with van der Waals surface area (Å²) in [5, 5.41) is 2.15. The molecule has 0 atom stereocenters. The molecule has 0 unspecified atom stereocenters. The van der Waals surface area contributed by atoms with Crippen LogP contribution in [0.3, 0.4) is 0 Å². The van der Waals surface area contributed by atoms with Gasteiger partial charge < -0.3 is 4.74 Å². The topological polar surface area (TPSA) is 25.4 Å². The van der Waals surface area contributed by atoms with Gasteiger partial charge in [-0.15, -0.1) is 0 Å². The largest absolute Gasteiger partial charge is 0.451 e. The van der Waals surface area contributed by atoms with E-state index in [2.05, 4.69) is 95.0 Å². The summed E-state index contributed by atoms with van der Waals surface area (Å²) < 4.78 is 6.48. The van der Waals surface area contributed by atoms with Crippen molar-refractivity contribution in [2.24, 2.45) is 0 Å². The van der Waals surface area contributed by atoms with Crippen LogP contribution >= 0.6 is 0 Å².